The Bertz CT molecular complexity index is 159. The molecule has 0 aromatic rings. The molecule has 12 heavy (non-hydrogen) atoms. The fourth-order valence-electron chi connectivity index (χ4n) is 1.82. The van der Waals surface area contributed by atoms with Crippen LogP contribution in [0.2, 0.25) is 0 Å². The largest absolute Gasteiger partial charge is 0.316 e. The summed E-state index contributed by atoms with van der Waals surface area (Å²) in [5.74, 6) is 0.442. The van der Waals surface area contributed by atoms with Gasteiger partial charge in [-0.1, -0.05) is 13.8 Å². The molecule has 1 saturated heterocycles. The molecule has 0 aromatic carbocycles. The second-order valence-corrected chi connectivity index (χ2v) is 4.01. The van der Waals surface area contributed by atoms with Crippen molar-refractivity contribution in [1.82, 2.24) is 5.32 Å². The van der Waals surface area contributed by atoms with E-state index in [1.54, 1.807) is 0 Å². The summed E-state index contributed by atoms with van der Waals surface area (Å²) in [5, 5.41) is 3.29. The zero-order valence-electron chi connectivity index (χ0n) is 8.15. The van der Waals surface area contributed by atoms with Gasteiger partial charge < -0.3 is 5.32 Å². The highest BCUT2D eigenvalue weighted by Crippen LogP contribution is 2.27. The Morgan fingerprint density at radius 1 is 1.58 bits per heavy atom. The van der Waals surface area contributed by atoms with E-state index in [9.17, 15) is 4.79 Å². The van der Waals surface area contributed by atoms with Crippen LogP contribution in [-0.4, -0.2) is 18.9 Å². The van der Waals surface area contributed by atoms with Crippen molar-refractivity contribution < 1.29 is 4.79 Å². The molecule has 1 aliphatic heterocycles. The Morgan fingerprint density at radius 2 is 2.33 bits per heavy atom. The van der Waals surface area contributed by atoms with E-state index in [1.165, 1.54) is 0 Å². The molecule has 1 heterocycles. The molecule has 0 aromatic heterocycles. The maximum absolute atomic E-state index is 11.7. The topological polar surface area (TPSA) is 29.1 Å². The molecule has 0 bridgehead atoms. The number of carbonyl (C=O) groups excluding carboxylic acids is 1. The van der Waals surface area contributed by atoms with Gasteiger partial charge in [0.1, 0.15) is 5.78 Å². The van der Waals surface area contributed by atoms with Gasteiger partial charge in [0.05, 0.1) is 0 Å². The van der Waals surface area contributed by atoms with Crippen LogP contribution < -0.4 is 5.32 Å². The molecular weight excluding hydrogens is 150 g/mol. The van der Waals surface area contributed by atoms with Crippen LogP contribution in [0, 0.1) is 5.41 Å². The van der Waals surface area contributed by atoms with E-state index in [1.807, 2.05) is 0 Å². The van der Waals surface area contributed by atoms with Crippen molar-refractivity contribution in [3.05, 3.63) is 0 Å². The molecule has 0 spiro atoms. The molecule has 1 N–H and O–H groups in total. The summed E-state index contributed by atoms with van der Waals surface area (Å²) in [6, 6.07) is 0. The molecule has 70 valence electrons. The maximum Gasteiger partial charge on any atom is 0.140 e. The predicted octanol–water partition coefficient (Wildman–Crippen LogP) is 1.75. The van der Waals surface area contributed by atoms with Crippen LogP contribution in [-0.2, 0) is 4.79 Å². The summed E-state index contributed by atoms with van der Waals surface area (Å²) < 4.78 is 0. The normalized spacial score (nSPS) is 30.2. The van der Waals surface area contributed by atoms with Crippen molar-refractivity contribution in [2.24, 2.45) is 5.41 Å². The Morgan fingerprint density at radius 3 is 2.83 bits per heavy atom. The third-order valence-electron chi connectivity index (χ3n) is 2.75. The second kappa shape index (κ2) is 4.04. The number of hydrogen-bond donors (Lipinski definition) is 1. The lowest BCUT2D eigenvalue weighted by atomic mass is 9.77. The minimum absolute atomic E-state index is 0.0612. The summed E-state index contributed by atoms with van der Waals surface area (Å²) in [4.78, 5) is 11.7. The number of hydrogen-bond acceptors (Lipinski definition) is 2. The second-order valence-electron chi connectivity index (χ2n) is 4.01. The average molecular weight is 169 g/mol. The highest BCUT2D eigenvalue weighted by atomic mass is 16.1. The fourth-order valence-corrected chi connectivity index (χ4v) is 1.82. The first kappa shape index (κ1) is 9.72. The molecule has 1 aliphatic rings. The Labute approximate surface area is 74.7 Å². The first-order valence-electron chi connectivity index (χ1n) is 4.93. The summed E-state index contributed by atoms with van der Waals surface area (Å²) in [7, 11) is 0. The molecule has 0 saturated carbocycles. The van der Waals surface area contributed by atoms with Gasteiger partial charge in [0.2, 0.25) is 0 Å². The van der Waals surface area contributed by atoms with Gasteiger partial charge in [0, 0.05) is 18.4 Å². The predicted molar refractivity (Wildman–Crippen MR) is 50.1 cm³/mol. The van der Waals surface area contributed by atoms with Gasteiger partial charge in [-0.3, -0.25) is 4.79 Å². The fraction of sp³-hybridized carbons (Fsp3) is 0.900. The van der Waals surface area contributed by atoms with Crippen molar-refractivity contribution in [3.63, 3.8) is 0 Å². The summed E-state index contributed by atoms with van der Waals surface area (Å²) in [6.45, 7) is 6.12. The molecule has 2 nitrogen and oxygen atoms in total. The van der Waals surface area contributed by atoms with Gasteiger partial charge in [-0.25, -0.2) is 0 Å². The van der Waals surface area contributed by atoms with Crippen LogP contribution in [0.3, 0.4) is 0 Å². The van der Waals surface area contributed by atoms with Crippen molar-refractivity contribution in [2.45, 2.75) is 39.5 Å². The first-order chi connectivity index (χ1) is 5.69. The highest BCUT2D eigenvalue weighted by molar-refractivity contribution is 5.84. The number of piperidine rings is 1. The van der Waals surface area contributed by atoms with Crippen LogP contribution in [0.1, 0.15) is 39.5 Å². The van der Waals surface area contributed by atoms with E-state index in [4.69, 9.17) is 0 Å². The molecule has 1 fully saturated rings. The Balaban J connectivity index is 2.50. The van der Waals surface area contributed by atoms with E-state index in [-0.39, 0.29) is 5.41 Å². The number of nitrogens with one attached hydrogen (secondary N) is 1. The third-order valence-corrected chi connectivity index (χ3v) is 2.75. The van der Waals surface area contributed by atoms with Crippen LogP contribution >= 0.6 is 0 Å². The summed E-state index contributed by atoms with van der Waals surface area (Å²) >= 11 is 0. The number of rotatable bonds is 3. The average Bonchev–Trinajstić information content (AvgIpc) is 2.06. The molecule has 0 amide bonds. The number of ketones is 1. The minimum Gasteiger partial charge on any atom is -0.316 e. The summed E-state index contributed by atoms with van der Waals surface area (Å²) in [5.41, 5.74) is -0.0612. The SMILES string of the molecule is CCCC(=O)C1(C)CCCNC1. The Hall–Kier alpha value is -0.370. The highest BCUT2D eigenvalue weighted by Gasteiger charge is 2.33. The van der Waals surface area contributed by atoms with Crippen molar-refractivity contribution in [1.29, 1.82) is 0 Å². The van der Waals surface area contributed by atoms with Gasteiger partial charge in [-0.05, 0) is 25.8 Å². The van der Waals surface area contributed by atoms with Crippen molar-refractivity contribution in [2.75, 3.05) is 13.1 Å². The lowest BCUT2D eigenvalue weighted by Gasteiger charge is -2.32. The van der Waals surface area contributed by atoms with E-state index >= 15 is 0 Å². The third kappa shape index (κ3) is 2.07. The van der Waals surface area contributed by atoms with Crippen LogP contribution in [0.5, 0.6) is 0 Å². The molecule has 2 heteroatoms. The monoisotopic (exact) mass is 169 g/mol. The van der Waals surface area contributed by atoms with Crippen LogP contribution in [0.15, 0.2) is 0 Å². The van der Waals surface area contributed by atoms with E-state index in [2.05, 4.69) is 19.2 Å². The zero-order chi connectivity index (χ0) is 9.03. The van der Waals surface area contributed by atoms with Gasteiger partial charge in [-0.15, -0.1) is 0 Å². The number of Topliss-reactive ketones (excluding diaryl/α,β-unsaturated/α-hetero) is 1. The molecule has 0 radical (unpaired) electrons. The van der Waals surface area contributed by atoms with Crippen LogP contribution in [0.25, 0.3) is 0 Å². The molecule has 1 atom stereocenters. The lowest BCUT2D eigenvalue weighted by Crippen LogP contribution is -2.43. The number of carbonyl (C=O) groups is 1. The van der Waals surface area contributed by atoms with Crippen molar-refractivity contribution >= 4 is 5.78 Å². The van der Waals surface area contributed by atoms with Gasteiger partial charge in [-0.2, -0.15) is 0 Å². The standard InChI is InChI=1S/C10H19NO/c1-3-5-9(12)10(2)6-4-7-11-8-10/h11H,3-8H2,1-2H3. The smallest absolute Gasteiger partial charge is 0.140 e. The molecule has 0 aliphatic carbocycles. The first-order valence-corrected chi connectivity index (χ1v) is 4.93. The van der Waals surface area contributed by atoms with E-state index in [0.29, 0.717) is 5.78 Å². The quantitative estimate of drug-likeness (QED) is 0.697. The lowest BCUT2D eigenvalue weighted by molar-refractivity contribution is -0.128. The van der Waals surface area contributed by atoms with E-state index in [0.717, 1.165) is 38.8 Å². The maximum atomic E-state index is 11.7. The minimum atomic E-state index is -0.0612. The van der Waals surface area contributed by atoms with Crippen molar-refractivity contribution in [3.8, 4) is 0 Å². The van der Waals surface area contributed by atoms with Gasteiger partial charge in [0.15, 0.2) is 0 Å². The van der Waals surface area contributed by atoms with Gasteiger partial charge >= 0.3 is 0 Å². The Kier molecular flexibility index (Phi) is 3.27. The van der Waals surface area contributed by atoms with E-state index < -0.39 is 0 Å². The molecular formula is C10H19NO. The van der Waals surface area contributed by atoms with Crippen LogP contribution in [0.4, 0.5) is 0 Å². The molecule has 1 unspecified atom stereocenters. The molecule has 1 rings (SSSR count). The zero-order valence-corrected chi connectivity index (χ0v) is 8.15. The summed E-state index contributed by atoms with van der Waals surface area (Å²) in [6.07, 6.45) is 3.94. The van der Waals surface area contributed by atoms with Gasteiger partial charge in [0.25, 0.3) is 0 Å².